The molecule has 17 heavy (non-hydrogen) atoms. The Morgan fingerprint density at radius 2 is 1.53 bits per heavy atom. The summed E-state index contributed by atoms with van der Waals surface area (Å²) < 4.78 is 5.01. The highest BCUT2D eigenvalue weighted by atomic mass is 16.5. The van der Waals surface area contributed by atoms with Crippen LogP contribution in [0.3, 0.4) is 0 Å². The van der Waals surface area contributed by atoms with Crippen molar-refractivity contribution in [1.29, 1.82) is 0 Å². The van der Waals surface area contributed by atoms with E-state index in [9.17, 15) is 9.59 Å². The molecule has 3 nitrogen and oxygen atoms in total. The average molecular weight is 234 g/mol. The summed E-state index contributed by atoms with van der Waals surface area (Å²) in [5.74, 6) is 0.302. The summed E-state index contributed by atoms with van der Waals surface area (Å²) in [5, 5.41) is 0. The summed E-state index contributed by atoms with van der Waals surface area (Å²) in [4.78, 5) is 22.4. The molecule has 0 aliphatic rings. The molecule has 0 unspecified atom stereocenters. The zero-order chi connectivity index (χ0) is 12.1. The van der Waals surface area contributed by atoms with E-state index in [1.54, 1.807) is 37.5 Å². The molecule has 3 heteroatoms. The maximum absolute atomic E-state index is 11.2. The molecule has 0 atom stereocenters. The molecular formula is C14H18O3. The summed E-state index contributed by atoms with van der Waals surface area (Å²) in [6.45, 7) is 2.77. The highest BCUT2D eigenvalue weighted by Crippen LogP contribution is 2.14. The first kappa shape index (κ1) is 15.1. The number of ether oxygens (including phenoxy) is 1. The molecule has 0 radical (unpaired) electrons. The van der Waals surface area contributed by atoms with Crippen LogP contribution in [-0.2, 0) is 9.59 Å². The Kier molecular flexibility index (Phi) is 5.89. The number of Topliss-reactive ketones (excluding diaryl/α,β-unsaturated/α-hetero) is 2. The van der Waals surface area contributed by atoms with Gasteiger partial charge < -0.3 is 4.74 Å². The lowest BCUT2D eigenvalue weighted by Gasteiger charge is -2.01. The third kappa shape index (κ3) is 4.23. The van der Waals surface area contributed by atoms with Gasteiger partial charge in [0.1, 0.15) is 5.75 Å². The van der Waals surface area contributed by atoms with Crippen molar-refractivity contribution in [3.8, 4) is 5.75 Å². The molecule has 1 aromatic carbocycles. The Labute approximate surface area is 102 Å². The molecule has 0 aromatic heterocycles. The standard InChI is InChI=1S/C13H14O3.CH4/c1-9(14)13(10(2)15)8-11-4-6-12(16-3)7-5-11;/h4-8H,1-3H3;1H4. The second-order valence-corrected chi connectivity index (χ2v) is 3.44. The van der Waals surface area contributed by atoms with Crippen molar-refractivity contribution < 1.29 is 14.3 Å². The molecule has 0 aliphatic heterocycles. The summed E-state index contributed by atoms with van der Waals surface area (Å²) in [7, 11) is 1.58. The predicted molar refractivity (Wildman–Crippen MR) is 69.1 cm³/mol. The molecule has 0 saturated carbocycles. The number of hydrogen-bond donors (Lipinski definition) is 0. The largest absolute Gasteiger partial charge is 0.497 e. The second kappa shape index (κ2) is 6.63. The van der Waals surface area contributed by atoms with Crippen LogP contribution in [0.1, 0.15) is 26.8 Å². The molecule has 1 rings (SSSR count). The Bertz CT molecular complexity index is 411. The molecule has 0 aliphatic carbocycles. The molecule has 0 spiro atoms. The van der Waals surface area contributed by atoms with Crippen LogP contribution >= 0.6 is 0 Å². The first-order chi connectivity index (χ1) is 7.54. The van der Waals surface area contributed by atoms with Crippen molar-refractivity contribution >= 4 is 17.6 Å². The summed E-state index contributed by atoms with van der Waals surface area (Å²) >= 11 is 0. The number of hydrogen-bond acceptors (Lipinski definition) is 3. The molecule has 0 fully saturated rings. The van der Waals surface area contributed by atoms with E-state index >= 15 is 0 Å². The quantitative estimate of drug-likeness (QED) is 0.457. The fourth-order valence-electron chi connectivity index (χ4n) is 1.32. The van der Waals surface area contributed by atoms with Crippen LogP contribution in [0.15, 0.2) is 29.8 Å². The van der Waals surface area contributed by atoms with Gasteiger partial charge in [-0.05, 0) is 37.6 Å². The monoisotopic (exact) mass is 234 g/mol. The zero-order valence-corrected chi connectivity index (χ0v) is 9.61. The molecule has 0 bridgehead atoms. The highest BCUT2D eigenvalue weighted by Gasteiger charge is 2.08. The smallest absolute Gasteiger partial charge is 0.163 e. The van der Waals surface area contributed by atoms with Gasteiger partial charge in [-0.1, -0.05) is 19.6 Å². The molecule has 1 aromatic rings. The van der Waals surface area contributed by atoms with E-state index in [2.05, 4.69) is 0 Å². The van der Waals surface area contributed by atoms with Gasteiger partial charge in [-0.2, -0.15) is 0 Å². The van der Waals surface area contributed by atoms with Gasteiger partial charge in [-0.15, -0.1) is 0 Å². The maximum atomic E-state index is 11.2. The Balaban J connectivity index is 0.00000256. The number of rotatable bonds is 4. The number of carbonyl (C=O) groups excluding carboxylic acids is 2. The minimum Gasteiger partial charge on any atom is -0.497 e. The van der Waals surface area contributed by atoms with Crippen molar-refractivity contribution in [2.45, 2.75) is 21.3 Å². The SMILES string of the molecule is C.COc1ccc(C=C(C(C)=O)C(C)=O)cc1. The van der Waals surface area contributed by atoms with Crippen LogP contribution in [0.4, 0.5) is 0 Å². The minimum atomic E-state index is -0.219. The van der Waals surface area contributed by atoms with Gasteiger partial charge in [-0.3, -0.25) is 9.59 Å². The van der Waals surface area contributed by atoms with E-state index in [-0.39, 0.29) is 24.6 Å². The lowest BCUT2D eigenvalue weighted by molar-refractivity contribution is -0.119. The first-order valence-electron chi connectivity index (χ1n) is 4.92. The third-order valence-electron chi connectivity index (χ3n) is 2.19. The van der Waals surface area contributed by atoms with E-state index in [1.807, 2.05) is 0 Å². The van der Waals surface area contributed by atoms with Gasteiger partial charge in [0.15, 0.2) is 11.6 Å². The molecule has 0 N–H and O–H groups in total. The van der Waals surface area contributed by atoms with Crippen molar-refractivity contribution in [1.82, 2.24) is 0 Å². The van der Waals surface area contributed by atoms with Crippen LogP contribution in [-0.4, -0.2) is 18.7 Å². The van der Waals surface area contributed by atoms with E-state index < -0.39 is 0 Å². The number of ketones is 2. The maximum Gasteiger partial charge on any atom is 0.163 e. The van der Waals surface area contributed by atoms with Crippen LogP contribution < -0.4 is 4.74 Å². The van der Waals surface area contributed by atoms with Crippen molar-refractivity contribution in [2.24, 2.45) is 0 Å². The van der Waals surface area contributed by atoms with Crippen LogP contribution in [0.5, 0.6) is 5.75 Å². The fraction of sp³-hybridized carbons (Fsp3) is 0.286. The topological polar surface area (TPSA) is 43.4 Å². The van der Waals surface area contributed by atoms with Gasteiger partial charge in [0.25, 0.3) is 0 Å². The molecule has 0 amide bonds. The Morgan fingerprint density at radius 1 is 1.06 bits per heavy atom. The molecule has 0 heterocycles. The Morgan fingerprint density at radius 3 is 1.88 bits per heavy atom. The van der Waals surface area contributed by atoms with Gasteiger partial charge in [-0.25, -0.2) is 0 Å². The van der Waals surface area contributed by atoms with E-state index in [1.165, 1.54) is 13.8 Å². The summed E-state index contributed by atoms with van der Waals surface area (Å²) in [5.41, 5.74) is 1.02. The molecule has 0 saturated heterocycles. The predicted octanol–water partition coefficient (Wildman–Crippen LogP) is 2.89. The normalized spacial score (nSPS) is 8.88. The van der Waals surface area contributed by atoms with Gasteiger partial charge in [0.05, 0.1) is 12.7 Å². The van der Waals surface area contributed by atoms with Crippen LogP contribution in [0.2, 0.25) is 0 Å². The fourth-order valence-corrected chi connectivity index (χ4v) is 1.32. The van der Waals surface area contributed by atoms with E-state index in [4.69, 9.17) is 4.74 Å². The van der Waals surface area contributed by atoms with Gasteiger partial charge in [0, 0.05) is 0 Å². The lowest BCUT2D eigenvalue weighted by Crippen LogP contribution is -2.05. The average Bonchev–Trinajstić information content (AvgIpc) is 2.25. The van der Waals surface area contributed by atoms with Gasteiger partial charge in [0.2, 0.25) is 0 Å². The minimum absolute atomic E-state index is 0. The lowest BCUT2D eigenvalue weighted by atomic mass is 10.0. The van der Waals surface area contributed by atoms with E-state index in [0.717, 1.165) is 11.3 Å². The van der Waals surface area contributed by atoms with E-state index in [0.29, 0.717) is 0 Å². The summed E-state index contributed by atoms with van der Waals surface area (Å²) in [6.07, 6.45) is 1.59. The summed E-state index contributed by atoms with van der Waals surface area (Å²) in [6, 6.07) is 7.16. The van der Waals surface area contributed by atoms with Crippen molar-refractivity contribution in [3.63, 3.8) is 0 Å². The van der Waals surface area contributed by atoms with Crippen molar-refractivity contribution in [2.75, 3.05) is 7.11 Å². The molecule has 92 valence electrons. The Hall–Kier alpha value is -1.90. The van der Waals surface area contributed by atoms with Gasteiger partial charge >= 0.3 is 0 Å². The third-order valence-corrected chi connectivity index (χ3v) is 2.19. The number of methoxy groups -OCH3 is 1. The first-order valence-corrected chi connectivity index (χ1v) is 4.92. The van der Waals surface area contributed by atoms with Crippen LogP contribution in [0, 0.1) is 0 Å². The molecular weight excluding hydrogens is 216 g/mol. The number of allylic oxidation sites excluding steroid dienone is 1. The number of carbonyl (C=O) groups is 2. The zero-order valence-electron chi connectivity index (χ0n) is 9.61. The second-order valence-electron chi connectivity index (χ2n) is 3.44. The number of benzene rings is 1. The van der Waals surface area contributed by atoms with Crippen molar-refractivity contribution in [3.05, 3.63) is 35.4 Å². The highest BCUT2D eigenvalue weighted by molar-refractivity contribution is 6.21. The van der Waals surface area contributed by atoms with Crippen LogP contribution in [0.25, 0.3) is 6.08 Å².